The van der Waals surface area contributed by atoms with Crippen LogP contribution in [0.5, 0.6) is 0 Å². The number of benzene rings is 1. The van der Waals surface area contributed by atoms with E-state index in [1.165, 1.54) is 6.07 Å². The first-order chi connectivity index (χ1) is 8.01. The van der Waals surface area contributed by atoms with Crippen molar-refractivity contribution in [2.45, 2.75) is 19.4 Å². The van der Waals surface area contributed by atoms with Gasteiger partial charge in [-0.15, -0.1) is 0 Å². The zero-order valence-corrected chi connectivity index (χ0v) is 12.2. The molecular formula is C13H20BrFN2. The summed E-state index contributed by atoms with van der Waals surface area (Å²) in [6, 6.07) is 5.08. The average molecular weight is 303 g/mol. The van der Waals surface area contributed by atoms with Crippen LogP contribution in [0.3, 0.4) is 0 Å². The maximum absolute atomic E-state index is 13.9. The highest BCUT2D eigenvalue weighted by atomic mass is 79.9. The van der Waals surface area contributed by atoms with E-state index in [0.29, 0.717) is 12.1 Å². The molecule has 0 fully saturated rings. The van der Waals surface area contributed by atoms with Crippen LogP contribution >= 0.6 is 15.9 Å². The van der Waals surface area contributed by atoms with E-state index >= 15 is 0 Å². The third-order valence-corrected chi connectivity index (χ3v) is 3.60. The van der Waals surface area contributed by atoms with Crippen molar-refractivity contribution in [3.8, 4) is 0 Å². The summed E-state index contributed by atoms with van der Waals surface area (Å²) in [6.45, 7) is 2.65. The molecule has 4 heteroatoms. The van der Waals surface area contributed by atoms with E-state index in [-0.39, 0.29) is 17.8 Å². The molecule has 0 aliphatic rings. The van der Waals surface area contributed by atoms with Gasteiger partial charge in [0.1, 0.15) is 5.82 Å². The molecule has 0 saturated carbocycles. The number of hydrogen-bond donors (Lipinski definition) is 1. The molecule has 1 rings (SSSR count). The smallest absolute Gasteiger partial charge is 0.128 e. The summed E-state index contributed by atoms with van der Waals surface area (Å²) in [6.07, 6.45) is 0.936. The predicted octanol–water partition coefficient (Wildman–Crippen LogP) is 3.18. The molecule has 96 valence electrons. The van der Waals surface area contributed by atoms with Gasteiger partial charge >= 0.3 is 0 Å². The van der Waals surface area contributed by atoms with Crippen molar-refractivity contribution < 1.29 is 4.39 Å². The Morgan fingerprint density at radius 2 is 2.06 bits per heavy atom. The molecule has 0 radical (unpaired) electrons. The van der Waals surface area contributed by atoms with Crippen LogP contribution in [0.2, 0.25) is 0 Å². The fourth-order valence-electron chi connectivity index (χ4n) is 2.21. The van der Waals surface area contributed by atoms with Gasteiger partial charge in [-0.2, -0.15) is 0 Å². The highest BCUT2D eigenvalue weighted by Gasteiger charge is 2.25. The standard InChI is InChI=1S/C13H20BrFN2/c1-4-9(8-16)13(17(2)3)11-7-10(14)5-6-12(11)15/h5-7,9,13H,4,8,16H2,1-3H3. The van der Waals surface area contributed by atoms with E-state index < -0.39 is 0 Å². The predicted molar refractivity (Wildman–Crippen MR) is 73.4 cm³/mol. The van der Waals surface area contributed by atoms with Crippen molar-refractivity contribution in [3.63, 3.8) is 0 Å². The first-order valence-corrected chi connectivity index (χ1v) is 6.62. The number of nitrogens with zero attached hydrogens (tertiary/aromatic N) is 1. The lowest BCUT2D eigenvalue weighted by Gasteiger charge is -2.32. The normalized spacial score (nSPS) is 15.0. The molecular weight excluding hydrogens is 283 g/mol. The van der Waals surface area contributed by atoms with Gasteiger partial charge in [-0.05, 0) is 44.8 Å². The van der Waals surface area contributed by atoms with E-state index in [1.54, 1.807) is 6.07 Å². The topological polar surface area (TPSA) is 29.3 Å². The summed E-state index contributed by atoms with van der Waals surface area (Å²) in [4.78, 5) is 2.03. The Labute approximate surface area is 111 Å². The monoisotopic (exact) mass is 302 g/mol. The van der Waals surface area contributed by atoms with Crippen molar-refractivity contribution in [2.24, 2.45) is 11.7 Å². The molecule has 0 bridgehead atoms. The molecule has 0 spiro atoms. The Hall–Kier alpha value is -0.450. The molecule has 2 N–H and O–H groups in total. The zero-order valence-electron chi connectivity index (χ0n) is 10.6. The van der Waals surface area contributed by atoms with E-state index in [0.717, 1.165) is 10.9 Å². The second kappa shape index (κ2) is 6.47. The van der Waals surface area contributed by atoms with Crippen molar-refractivity contribution in [1.29, 1.82) is 0 Å². The molecule has 0 aliphatic carbocycles. The summed E-state index contributed by atoms with van der Waals surface area (Å²) < 4.78 is 14.8. The highest BCUT2D eigenvalue weighted by molar-refractivity contribution is 9.10. The van der Waals surface area contributed by atoms with Gasteiger partial charge in [-0.3, -0.25) is 0 Å². The van der Waals surface area contributed by atoms with Gasteiger partial charge in [-0.25, -0.2) is 4.39 Å². The summed E-state index contributed by atoms with van der Waals surface area (Å²) in [5.41, 5.74) is 6.50. The van der Waals surface area contributed by atoms with Crippen molar-refractivity contribution in [2.75, 3.05) is 20.6 Å². The maximum Gasteiger partial charge on any atom is 0.128 e. The summed E-state index contributed by atoms with van der Waals surface area (Å²) in [5.74, 6) is 0.0904. The van der Waals surface area contributed by atoms with Gasteiger partial charge in [0, 0.05) is 16.1 Å². The van der Waals surface area contributed by atoms with Gasteiger partial charge < -0.3 is 10.6 Å². The van der Waals surface area contributed by atoms with E-state index in [2.05, 4.69) is 22.9 Å². The van der Waals surface area contributed by atoms with Crippen LogP contribution in [0.15, 0.2) is 22.7 Å². The minimum Gasteiger partial charge on any atom is -0.330 e. The fraction of sp³-hybridized carbons (Fsp3) is 0.538. The highest BCUT2D eigenvalue weighted by Crippen LogP contribution is 2.32. The maximum atomic E-state index is 13.9. The van der Waals surface area contributed by atoms with Crippen molar-refractivity contribution in [3.05, 3.63) is 34.1 Å². The minimum absolute atomic E-state index is 0.0162. The van der Waals surface area contributed by atoms with Crippen LogP contribution in [-0.4, -0.2) is 25.5 Å². The number of nitrogens with two attached hydrogens (primary N) is 1. The molecule has 0 aliphatic heterocycles. The largest absolute Gasteiger partial charge is 0.330 e. The van der Waals surface area contributed by atoms with Gasteiger partial charge in [0.15, 0.2) is 0 Å². The second-order valence-electron chi connectivity index (χ2n) is 4.48. The zero-order chi connectivity index (χ0) is 13.0. The van der Waals surface area contributed by atoms with Gasteiger partial charge in [0.05, 0.1) is 0 Å². The summed E-state index contributed by atoms with van der Waals surface area (Å²) in [7, 11) is 3.92. The first-order valence-electron chi connectivity index (χ1n) is 5.82. The third kappa shape index (κ3) is 3.50. The van der Waals surface area contributed by atoms with Crippen LogP contribution in [0, 0.1) is 11.7 Å². The molecule has 0 amide bonds. The molecule has 17 heavy (non-hydrogen) atoms. The third-order valence-electron chi connectivity index (χ3n) is 3.11. The van der Waals surface area contributed by atoms with Crippen molar-refractivity contribution >= 4 is 15.9 Å². The van der Waals surface area contributed by atoms with Crippen LogP contribution in [-0.2, 0) is 0 Å². The molecule has 1 aromatic rings. The Morgan fingerprint density at radius 1 is 1.41 bits per heavy atom. The van der Waals surface area contributed by atoms with E-state index in [4.69, 9.17) is 5.73 Å². The Balaban J connectivity index is 3.17. The molecule has 2 unspecified atom stereocenters. The van der Waals surface area contributed by atoms with Crippen LogP contribution in [0.1, 0.15) is 24.9 Å². The molecule has 2 nitrogen and oxygen atoms in total. The van der Waals surface area contributed by atoms with Gasteiger partial charge in [0.25, 0.3) is 0 Å². The molecule has 1 aromatic carbocycles. The first kappa shape index (κ1) is 14.6. The lowest BCUT2D eigenvalue weighted by Crippen LogP contribution is -2.32. The average Bonchev–Trinajstić information content (AvgIpc) is 2.29. The Bertz CT molecular complexity index is 364. The van der Waals surface area contributed by atoms with Crippen LogP contribution in [0.25, 0.3) is 0 Å². The molecule has 0 saturated heterocycles. The van der Waals surface area contributed by atoms with E-state index in [9.17, 15) is 4.39 Å². The molecule has 0 heterocycles. The van der Waals surface area contributed by atoms with Gasteiger partial charge in [0.2, 0.25) is 0 Å². The minimum atomic E-state index is -0.168. The molecule has 0 aromatic heterocycles. The quantitative estimate of drug-likeness (QED) is 0.905. The molecule has 2 atom stereocenters. The van der Waals surface area contributed by atoms with Gasteiger partial charge in [-0.1, -0.05) is 29.3 Å². The lowest BCUT2D eigenvalue weighted by atomic mass is 9.90. The summed E-state index contributed by atoms with van der Waals surface area (Å²) >= 11 is 3.39. The Kier molecular flexibility index (Phi) is 5.56. The fourth-order valence-corrected chi connectivity index (χ4v) is 2.59. The van der Waals surface area contributed by atoms with Crippen LogP contribution < -0.4 is 5.73 Å². The summed E-state index contributed by atoms with van der Waals surface area (Å²) in [5, 5.41) is 0. The van der Waals surface area contributed by atoms with Crippen molar-refractivity contribution in [1.82, 2.24) is 4.90 Å². The Morgan fingerprint density at radius 3 is 2.53 bits per heavy atom. The van der Waals surface area contributed by atoms with Crippen LogP contribution in [0.4, 0.5) is 4.39 Å². The van der Waals surface area contributed by atoms with E-state index in [1.807, 2.05) is 25.1 Å². The second-order valence-corrected chi connectivity index (χ2v) is 5.39. The number of halogens is 2. The number of hydrogen-bond acceptors (Lipinski definition) is 2. The lowest BCUT2D eigenvalue weighted by molar-refractivity contribution is 0.205. The number of rotatable bonds is 5. The SMILES string of the molecule is CCC(CN)C(c1cc(Br)ccc1F)N(C)C.